The zero-order valence-corrected chi connectivity index (χ0v) is 13.1. The van der Waals surface area contributed by atoms with Crippen LogP contribution in [0, 0.1) is 11.8 Å². The first-order chi connectivity index (χ1) is 9.91. The van der Waals surface area contributed by atoms with E-state index < -0.39 is 11.4 Å². The predicted octanol–water partition coefficient (Wildman–Crippen LogP) is 1.69. The molecule has 21 heavy (non-hydrogen) atoms. The largest absolute Gasteiger partial charge is 0.368 e. The summed E-state index contributed by atoms with van der Waals surface area (Å²) in [4.78, 5) is 14.3. The Labute approximate surface area is 127 Å². The molecule has 0 aliphatic carbocycles. The number of primary amides is 1. The first kappa shape index (κ1) is 16.0. The molecule has 0 aromatic heterocycles. The molecule has 0 saturated carbocycles. The predicted molar refractivity (Wildman–Crippen MR) is 85.5 cm³/mol. The highest BCUT2D eigenvalue weighted by molar-refractivity contribution is 5.85. The van der Waals surface area contributed by atoms with Crippen molar-refractivity contribution in [3.8, 4) is 0 Å². The first-order valence-electron chi connectivity index (χ1n) is 7.78. The van der Waals surface area contributed by atoms with E-state index in [1.165, 1.54) is 6.42 Å². The van der Waals surface area contributed by atoms with Gasteiger partial charge in [0.15, 0.2) is 0 Å². The fraction of sp³-hybridized carbons (Fsp3) is 0.588. The third-order valence-corrected chi connectivity index (χ3v) is 4.50. The lowest BCUT2D eigenvalue weighted by molar-refractivity contribution is -0.123. The second kappa shape index (κ2) is 6.58. The molecule has 4 heteroatoms. The molecule has 1 aromatic carbocycles. The smallest absolute Gasteiger partial charge is 0.242 e. The Hall–Kier alpha value is -1.39. The summed E-state index contributed by atoms with van der Waals surface area (Å²) in [5.41, 5.74) is 11.7. The maximum atomic E-state index is 11.9. The van der Waals surface area contributed by atoms with Gasteiger partial charge in [-0.15, -0.1) is 0 Å². The molecule has 4 N–H and O–H groups in total. The minimum absolute atomic E-state index is 0.452. The van der Waals surface area contributed by atoms with E-state index in [1.807, 2.05) is 30.3 Å². The quantitative estimate of drug-likeness (QED) is 0.866. The van der Waals surface area contributed by atoms with E-state index in [2.05, 4.69) is 18.7 Å². The van der Waals surface area contributed by atoms with Gasteiger partial charge >= 0.3 is 0 Å². The van der Waals surface area contributed by atoms with Crippen LogP contribution in [0.4, 0.5) is 0 Å². The maximum Gasteiger partial charge on any atom is 0.242 e. The number of nitrogens with two attached hydrogens (primary N) is 2. The fourth-order valence-corrected chi connectivity index (χ4v) is 3.45. The van der Waals surface area contributed by atoms with Crippen LogP contribution in [0.5, 0.6) is 0 Å². The van der Waals surface area contributed by atoms with E-state index in [-0.39, 0.29) is 0 Å². The first-order valence-corrected chi connectivity index (χ1v) is 7.78. The number of nitrogens with zero attached hydrogens (tertiary/aromatic N) is 1. The van der Waals surface area contributed by atoms with Gasteiger partial charge in [0.05, 0.1) is 0 Å². The second-order valence-corrected chi connectivity index (χ2v) is 6.66. The summed E-state index contributed by atoms with van der Waals surface area (Å²) in [6.07, 6.45) is 1.84. The van der Waals surface area contributed by atoms with Crippen LogP contribution in [0.25, 0.3) is 0 Å². The van der Waals surface area contributed by atoms with Crippen molar-refractivity contribution in [2.45, 2.75) is 32.2 Å². The molecule has 2 rings (SSSR count). The minimum Gasteiger partial charge on any atom is -0.368 e. The van der Waals surface area contributed by atoms with Crippen LogP contribution in [-0.4, -0.2) is 30.4 Å². The lowest BCUT2D eigenvalue weighted by atomic mass is 9.85. The third kappa shape index (κ3) is 3.83. The Balaban J connectivity index is 2.06. The van der Waals surface area contributed by atoms with Gasteiger partial charge in [-0.25, -0.2) is 0 Å². The summed E-state index contributed by atoms with van der Waals surface area (Å²) < 4.78 is 0. The van der Waals surface area contributed by atoms with Crippen molar-refractivity contribution in [3.63, 3.8) is 0 Å². The number of hydrogen-bond acceptors (Lipinski definition) is 3. The Kier molecular flexibility index (Phi) is 5.01. The zero-order valence-electron chi connectivity index (χ0n) is 13.1. The normalized spacial score (nSPS) is 26.2. The van der Waals surface area contributed by atoms with Crippen LogP contribution < -0.4 is 11.5 Å². The molecule has 0 bridgehead atoms. The average molecular weight is 289 g/mol. The molecular formula is C17H27N3O. The molecule has 3 atom stereocenters. The number of carbonyl (C=O) groups excluding carboxylic acids is 1. The Morgan fingerprint density at radius 1 is 1.24 bits per heavy atom. The van der Waals surface area contributed by atoms with Gasteiger partial charge in [0.2, 0.25) is 5.91 Å². The van der Waals surface area contributed by atoms with Gasteiger partial charge in [-0.3, -0.25) is 4.79 Å². The third-order valence-electron chi connectivity index (χ3n) is 4.50. The van der Waals surface area contributed by atoms with Crippen molar-refractivity contribution in [2.24, 2.45) is 23.3 Å². The molecule has 1 amide bonds. The molecule has 0 radical (unpaired) electrons. The van der Waals surface area contributed by atoms with Gasteiger partial charge in [-0.2, -0.15) is 0 Å². The van der Waals surface area contributed by atoms with Crippen molar-refractivity contribution >= 4 is 5.91 Å². The maximum absolute atomic E-state index is 11.9. The number of rotatable bonds is 5. The van der Waals surface area contributed by atoms with Gasteiger partial charge in [-0.05, 0) is 30.2 Å². The van der Waals surface area contributed by atoms with Gasteiger partial charge < -0.3 is 16.4 Å². The van der Waals surface area contributed by atoms with Crippen molar-refractivity contribution in [3.05, 3.63) is 35.9 Å². The summed E-state index contributed by atoms with van der Waals surface area (Å²) in [7, 11) is 0. The van der Waals surface area contributed by atoms with E-state index in [0.717, 1.165) is 25.2 Å². The standard InChI is InChI=1S/C17H27N3O/c1-13-10-14(2)12-20(11-13)9-8-17(19,16(18)21)15-6-4-3-5-7-15/h3-7,13-14H,8-12,19H2,1-2H3,(H2,18,21). The molecule has 1 heterocycles. The SMILES string of the molecule is CC1CC(C)CN(CCC(N)(C(N)=O)c2ccccc2)C1. The topological polar surface area (TPSA) is 72.3 Å². The van der Waals surface area contributed by atoms with Crippen molar-refractivity contribution < 1.29 is 4.79 Å². The lowest BCUT2D eigenvalue weighted by Crippen LogP contribution is -2.52. The molecule has 116 valence electrons. The van der Waals surface area contributed by atoms with E-state index in [4.69, 9.17) is 11.5 Å². The van der Waals surface area contributed by atoms with E-state index in [9.17, 15) is 4.79 Å². The highest BCUT2D eigenvalue weighted by Gasteiger charge is 2.34. The number of likely N-dealkylation sites (tertiary alicyclic amines) is 1. The Bertz CT molecular complexity index is 466. The van der Waals surface area contributed by atoms with E-state index in [1.54, 1.807) is 0 Å². The molecule has 1 saturated heterocycles. The van der Waals surface area contributed by atoms with Crippen LogP contribution in [0.15, 0.2) is 30.3 Å². The van der Waals surface area contributed by atoms with Gasteiger partial charge in [-0.1, -0.05) is 44.2 Å². The van der Waals surface area contributed by atoms with Crippen LogP contribution in [0.2, 0.25) is 0 Å². The van der Waals surface area contributed by atoms with Crippen LogP contribution in [0.1, 0.15) is 32.3 Å². The molecule has 1 aromatic rings. The van der Waals surface area contributed by atoms with Crippen molar-refractivity contribution in [2.75, 3.05) is 19.6 Å². The van der Waals surface area contributed by atoms with Crippen molar-refractivity contribution in [1.29, 1.82) is 0 Å². The number of benzene rings is 1. The van der Waals surface area contributed by atoms with Crippen LogP contribution in [0.3, 0.4) is 0 Å². The van der Waals surface area contributed by atoms with Gasteiger partial charge in [0.25, 0.3) is 0 Å². The molecule has 1 aliphatic rings. The summed E-state index contributed by atoms with van der Waals surface area (Å²) in [6, 6.07) is 9.47. The summed E-state index contributed by atoms with van der Waals surface area (Å²) in [5.74, 6) is 0.948. The lowest BCUT2D eigenvalue weighted by Gasteiger charge is -2.37. The average Bonchev–Trinajstić information content (AvgIpc) is 2.44. The van der Waals surface area contributed by atoms with E-state index in [0.29, 0.717) is 18.3 Å². The Morgan fingerprint density at radius 3 is 2.33 bits per heavy atom. The van der Waals surface area contributed by atoms with E-state index >= 15 is 0 Å². The Morgan fingerprint density at radius 2 is 1.81 bits per heavy atom. The van der Waals surface area contributed by atoms with Gasteiger partial charge in [0.1, 0.15) is 5.54 Å². The molecule has 3 unspecified atom stereocenters. The highest BCUT2D eigenvalue weighted by Crippen LogP contribution is 2.25. The molecule has 4 nitrogen and oxygen atoms in total. The summed E-state index contributed by atoms with van der Waals surface area (Å²) >= 11 is 0. The summed E-state index contributed by atoms with van der Waals surface area (Å²) in [6.45, 7) is 7.53. The van der Waals surface area contributed by atoms with Crippen LogP contribution >= 0.6 is 0 Å². The number of carbonyl (C=O) groups is 1. The monoisotopic (exact) mass is 289 g/mol. The number of piperidine rings is 1. The minimum atomic E-state index is -1.08. The molecular weight excluding hydrogens is 262 g/mol. The zero-order chi connectivity index (χ0) is 15.5. The summed E-state index contributed by atoms with van der Waals surface area (Å²) in [5, 5.41) is 0. The second-order valence-electron chi connectivity index (χ2n) is 6.66. The number of hydrogen-bond donors (Lipinski definition) is 2. The highest BCUT2D eigenvalue weighted by atomic mass is 16.1. The fourth-order valence-electron chi connectivity index (χ4n) is 3.45. The molecule has 1 aliphatic heterocycles. The van der Waals surface area contributed by atoms with Gasteiger partial charge in [0, 0.05) is 19.6 Å². The molecule has 0 spiro atoms. The number of amides is 1. The molecule has 1 fully saturated rings. The van der Waals surface area contributed by atoms with Crippen molar-refractivity contribution in [1.82, 2.24) is 4.90 Å². The van der Waals surface area contributed by atoms with Crippen LogP contribution in [-0.2, 0) is 10.3 Å².